The number of hydrogen-bond donors (Lipinski definition) is 2. The van der Waals surface area contributed by atoms with Crippen molar-refractivity contribution in [3.05, 3.63) is 35.0 Å². The largest absolute Gasteiger partial charge is 0.477 e. The van der Waals surface area contributed by atoms with Gasteiger partial charge in [-0.05, 0) is 12.1 Å². The molecule has 1 heterocycles. The van der Waals surface area contributed by atoms with Gasteiger partial charge in [-0.25, -0.2) is 14.8 Å². The van der Waals surface area contributed by atoms with Gasteiger partial charge in [-0.2, -0.15) is 0 Å². The number of hydrogen-bond acceptors (Lipinski definition) is 4. The van der Waals surface area contributed by atoms with Gasteiger partial charge in [0.05, 0.1) is 10.7 Å². The first-order valence-corrected chi connectivity index (χ1v) is 3.69. The lowest BCUT2D eigenvalue weighted by Crippen LogP contribution is -2.43. The van der Waals surface area contributed by atoms with Crippen molar-refractivity contribution in [3.8, 4) is 0 Å². The first kappa shape index (κ1) is 7.88. The minimum Gasteiger partial charge on any atom is -0.477 e. The van der Waals surface area contributed by atoms with Crippen molar-refractivity contribution >= 4 is 5.97 Å². The van der Waals surface area contributed by atoms with Crippen LogP contribution < -0.4 is 16.4 Å². The number of nitrogens with zero attached hydrogens (tertiary/aromatic N) is 2. The van der Waals surface area contributed by atoms with E-state index in [1.807, 2.05) is 0 Å². The van der Waals surface area contributed by atoms with Crippen molar-refractivity contribution in [2.24, 2.45) is 15.7 Å². The number of aliphatic carboxylic acids is 1. The monoisotopic (exact) mass is 177 g/mol. The normalized spacial score (nSPS) is 17.0. The summed E-state index contributed by atoms with van der Waals surface area (Å²) < 4.78 is 0. The van der Waals surface area contributed by atoms with Gasteiger partial charge in [-0.1, -0.05) is 12.1 Å². The molecule has 5 nitrogen and oxygen atoms in total. The molecule has 1 aliphatic rings. The Morgan fingerprint density at radius 2 is 1.77 bits per heavy atom. The molecule has 0 amide bonds. The van der Waals surface area contributed by atoms with Crippen molar-refractivity contribution in [1.29, 1.82) is 0 Å². The molecule has 0 aromatic heterocycles. The van der Waals surface area contributed by atoms with E-state index in [2.05, 4.69) is 9.98 Å². The number of nitrogens with two attached hydrogens (primary N) is 1. The summed E-state index contributed by atoms with van der Waals surface area (Å²) in [7, 11) is 0. The summed E-state index contributed by atoms with van der Waals surface area (Å²) in [4.78, 5) is 18.3. The van der Waals surface area contributed by atoms with E-state index in [0.29, 0.717) is 10.7 Å². The maximum atomic E-state index is 10.7. The predicted octanol–water partition coefficient (Wildman–Crippen LogP) is -1.36. The highest BCUT2D eigenvalue weighted by molar-refractivity contribution is 5.78. The second-order valence-corrected chi connectivity index (χ2v) is 2.74. The molecule has 0 saturated heterocycles. The van der Waals surface area contributed by atoms with Crippen molar-refractivity contribution in [1.82, 2.24) is 0 Å². The van der Waals surface area contributed by atoms with E-state index in [-0.39, 0.29) is 0 Å². The third-order valence-corrected chi connectivity index (χ3v) is 1.78. The number of carboxylic acid groups (broad SMARTS) is 1. The second kappa shape index (κ2) is 2.37. The summed E-state index contributed by atoms with van der Waals surface area (Å²) >= 11 is 0. The molecular formula is C8H7N3O2. The van der Waals surface area contributed by atoms with Gasteiger partial charge in [0.2, 0.25) is 0 Å². The van der Waals surface area contributed by atoms with E-state index in [1.54, 1.807) is 24.3 Å². The Balaban J connectivity index is 2.70. The van der Waals surface area contributed by atoms with E-state index < -0.39 is 11.8 Å². The van der Waals surface area contributed by atoms with Gasteiger partial charge in [-0.3, -0.25) is 5.73 Å². The number of carbonyl (C=O) groups is 1. The summed E-state index contributed by atoms with van der Waals surface area (Å²) in [5.41, 5.74) is 5.42. The Morgan fingerprint density at radius 1 is 1.31 bits per heavy atom. The Hall–Kier alpha value is -1.75. The number of benzene rings is 1. The van der Waals surface area contributed by atoms with E-state index in [4.69, 9.17) is 10.8 Å². The van der Waals surface area contributed by atoms with Crippen LogP contribution in [0.25, 0.3) is 0 Å². The van der Waals surface area contributed by atoms with E-state index in [1.165, 1.54) is 0 Å². The van der Waals surface area contributed by atoms with Gasteiger partial charge < -0.3 is 5.11 Å². The number of carboxylic acids is 1. The fourth-order valence-corrected chi connectivity index (χ4v) is 1.14. The standard InChI is InChI=1S/C8H7N3O2/c9-8(7(12)13)10-5-3-1-2-4-6(5)11-8/h1-4H,9H2,(H,12,13). The minimum absolute atomic E-state index is 0.521. The van der Waals surface area contributed by atoms with Gasteiger partial charge in [-0.15, -0.1) is 0 Å². The lowest BCUT2D eigenvalue weighted by atomic mass is 10.3. The average molecular weight is 177 g/mol. The van der Waals surface area contributed by atoms with Crippen LogP contribution in [0, 0.1) is 0 Å². The maximum Gasteiger partial charge on any atom is 0.370 e. The lowest BCUT2D eigenvalue weighted by Gasteiger charge is -2.09. The average Bonchev–Trinajstić information content (AvgIpc) is 2.42. The highest BCUT2D eigenvalue weighted by atomic mass is 16.4. The van der Waals surface area contributed by atoms with Crippen molar-refractivity contribution in [2.45, 2.75) is 5.79 Å². The molecule has 5 heteroatoms. The van der Waals surface area contributed by atoms with E-state index in [0.717, 1.165) is 0 Å². The summed E-state index contributed by atoms with van der Waals surface area (Å²) in [5, 5.41) is 9.77. The van der Waals surface area contributed by atoms with Crippen LogP contribution in [0.3, 0.4) is 0 Å². The highest BCUT2D eigenvalue weighted by Gasteiger charge is 2.34. The fourth-order valence-electron chi connectivity index (χ4n) is 1.14. The molecule has 0 unspecified atom stereocenters. The van der Waals surface area contributed by atoms with Gasteiger partial charge in [0.25, 0.3) is 0 Å². The van der Waals surface area contributed by atoms with Crippen LogP contribution in [0.5, 0.6) is 0 Å². The molecule has 0 saturated carbocycles. The first-order chi connectivity index (χ1) is 6.12. The zero-order valence-corrected chi connectivity index (χ0v) is 6.64. The van der Waals surface area contributed by atoms with Crippen LogP contribution in [0.2, 0.25) is 0 Å². The van der Waals surface area contributed by atoms with Crippen molar-refractivity contribution < 1.29 is 9.90 Å². The topological polar surface area (TPSA) is 88.0 Å². The second-order valence-electron chi connectivity index (χ2n) is 2.74. The number of rotatable bonds is 1. The van der Waals surface area contributed by atoms with Crippen LogP contribution in [-0.4, -0.2) is 16.9 Å². The summed E-state index contributed by atoms with van der Waals surface area (Å²) in [5.74, 6) is -3.08. The molecule has 66 valence electrons. The third kappa shape index (κ3) is 1.09. The summed E-state index contributed by atoms with van der Waals surface area (Å²) in [6.45, 7) is 0. The molecule has 0 atom stereocenters. The lowest BCUT2D eigenvalue weighted by molar-refractivity contribution is -0.142. The quantitative estimate of drug-likeness (QED) is 0.555. The zero-order valence-electron chi connectivity index (χ0n) is 6.64. The Bertz CT molecular complexity index is 445. The SMILES string of the molecule is NC1(C(=O)O)N=c2ccccc2=N1. The molecule has 1 aromatic carbocycles. The molecule has 0 radical (unpaired) electrons. The predicted molar refractivity (Wildman–Crippen MR) is 43.3 cm³/mol. The molecule has 0 spiro atoms. The smallest absolute Gasteiger partial charge is 0.370 e. The number of para-hydroxylation sites is 2. The van der Waals surface area contributed by atoms with Crippen LogP contribution in [0.1, 0.15) is 0 Å². The third-order valence-electron chi connectivity index (χ3n) is 1.78. The minimum atomic E-state index is -1.83. The molecular weight excluding hydrogens is 170 g/mol. The fraction of sp³-hybridized carbons (Fsp3) is 0.125. The van der Waals surface area contributed by atoms with Crippen LogP contribution in [0.4, 0.5) is 0 Å². The van der Waals surface area contributed by atoms with Crippen LogP contribution in [-0.2, 0) is 4.79 Å². The van der Waals surface area contributed by atoms with E-state index >= 15 is 0 Å². The van der Waals surface area contributed by atoms with Gasteiger partial charge in [0.1, 0.15) is 0 Å². The Kier molecular flexibility index (Phi) is 1.43. The first-order valence-electron chi connectivity index (χ1n) is 3.69. The molecule has 0 bridgehead atoms. The highest BCUT2D eigenvalue weighted by Crippen LogP contribution is 2.04. The summed E-state index contributed by atoms with van der Waals surface area (Å²) in [6, 6.07) is 6.86. The van der Waals surface area contributed by atoms with Crippen LogP contribution in [0.15, 0.2) is 34.3 Å². The molecule has 1 aromatic rings. The van der Waals surface area contributed by atoms with Gasteiger partial charge in [0, 0.05) is 0 Å². The Morgan fingerprint density at radius 3 is 2.15 bits per heavy atom. The maximum absolute atomic E-state index is 10.7. The molecule has 0 aliphatic carbocycles. The molecule has 1 aliphatic heterocycles. The Labute approximate surface area is 73.2 Å². The zero-order chi connectivity index (χ0) is 9.47. The van der Waals surface area contributed by atoms with Crippen LogP contribution >= 0.6 is 0 Å². The molecule has 0 fully saturated rings. The number of fused-ring (bicyclic) bond motifs is 1. The van der Waals surface area contributed by atoms with Gasteiger partial charge >= 0.3 is 11.8 Å². The van der Waals surface area contributed by atoms with Gasteiger partial charge in [0.15, 0.2) is 0 Å². The molecule has 3 N–H and O–H groups in total. The van der Waals surface area contributed by atoms with Crippen molar-refractivity contribution in [2.75, 3.05) is 0 Å². The molecule has 2 rings (SSSR count). The summed E-state index contributed by atoms with van der Waals surface area (Å²) in [6.07, 6.45) is 0. The van der Waals surface area contributed by atoms with E-state index in [9.17, 15) is 4.79 Å². The molecule has 13 heavy (non-hydrogen) atoms. The van der Waals surface area contributed by atoms with Crippen molar-refractivity contribution in [3.63, 3.8) is 0 Å².